The molecule has 0 unspecified atom stereocenters. The summed E-state index contributed by atoms with van der Waals surface area (Å²) in [5.41, 5.74) is 3.25. The van der Waals surface area contributed by atoms with Gasteiger partial charge in [-0.15, -0.1) is 0 Å². The Labute approximate surface area is 135 Å². The Balaban J connectivity index is 1.57. The maximum absolute atomic E-state index is 12.1. The van der Waals surface area contributed by atoms with Crippen LogP contribution < -0.4 is 10.6 Å². The molecular formula is C18H19ClN2O. The SMILES string of the molecule is Cc1ccc(C2(NC(=O)NCc3ccc(Cl)cc3)CC2)cc1. The first-order valence-corrected chi connectivity index (χ1v) is 7.83. The summed E-state index contributed by atoms with van der Waals surface area (Å²) < 4.78 is 0. The van der Waals surface area contributed by atoms with Gasteiger partial charge in [0.2, 0.25) is 0 Å². The first-order valence-electron chi connectivity index (χ1n) is 7.45. The van der Waals surface area contributed by atoms with Crippen molar-refractivity contribution < 1.29 is 4.79 Å². The van der Waals surface area contributed by atoms with Crippen molar-refractivity contribution in [1.29, 1.82) is 0 Å². The number of urea groups is 1. The number of hydrogen-bond donors (Lipinski definition) is 2. The maximum atomic E-state index is 12.1. The summed E-state index contributed by atoms with van der Waals surface area (Å²) in [4.78, 5) is 12.1. The smallest absolute Gasteiger partial charge is 0.315 e. The fourth-order valence-corrected chi connectivity index (χ4v) is 2.66. The monoisotopic (exact) mass is 314 g/mol. The zero-order valence-electron chi connectivity index (χ0n) is 12.5. The lowest BCUT2D eigenvalue weighted by Crippen LogP contribution is -2.41. The Kier molecular flexibility index (Phi) is 4.08. The van der Waals surface area contributed by atoms with Gasteiger partial charge < -0.3 is 10.6 Å². The summed E-state index contributed by atoms with van der Waals surface area (Å²) in [6.45, 7) is 2.56. The summed E-state index contributed by atoms with van der Waals surface area (Å²) in [6.07, 6.45) is 1.98. The van der Waals surface area contributed by atoms with Gasteiger partial charge in [0.15, 0.2) is 0 Å². The Bertz CT molecular complexity index is 660. The number of rotatable bonds is 4. The van der Waals surface area contributed by atoms with Gasteiger partial charge in [-0.05, 0) is 43.0 Å². The van der Waals surface area contributed by atoms with Gasteiger partial charge in [-0.1, -0.05) is 53.6 Å². The Morgan fingerprint density at radius 2 is 1.73 bits per heavy atom. The molecule has 22 heavy (non-hydrogen) atoms. The van der Waals surface area contributed by atoms with Crippen molar-refractivity contribution in [3.8, 4) is 0 Å². The number of hydrogen-bond acceptors (Lipinski definition) is 1. The molecule has 0 aliphatic heterocycles. The quantitative estimate of drug-likeness (QED) is 0.875. The second-order valence-electron chi connectivity index (χ2n) is 5.88. The van der Waals surface area contributed by atoms with Gasteiger partial charge in [0.05, 0.1) is 5.54 Å². The van der Waals surface area contributed by atoms with E-state index in [1.807, 2.05) is 24.3 Å². The largest absolute Gasteiger partial charge is 0.334 e. The topological polar surface area (TPSA) is 41.1 Å². The average molecular weight is 315 g/mol. The summed E-state index contributed by atoms with van der Waals surface area (Å²) in [7, 11) is 0. The van der Waals surface area contributed by atoms with Crippen LogP contribution in [-0.2, 0) is 12.1 Å². The highest BCUT2D eigenvalue weighted by atomic mass is 35.5. The van der Waals surface area contributed by atoms with Crippen LogP contribution in [0.3, 0.4) is 0 Å². The molecule has 3 rings (SSSR count). The van der Waals surface area contributed by atoms with Crippen LogP contribution in [0.2, 0.25) is 5.02 Å². The van der Waals surface area contributed by atoms with Crippen LogP contribution in [0.1, 0.15) is 29.5 Å². The molecule has 3 nitrogen and oxygen atoms in total. The fraction of sp³-hybridized carbons (Fsp3) is 0.278. The van der Waals surface area contributed by atoms with Crippen molar-refractivity contribution in [3.05, 3.63) is 70.2 Å². The molecule has 1 aliphatic carbocycles. The minimum absolute atomic E-state index is 0.131. The Morgan fingerprint density at radius 1 is 1.09 bits per heavy atom. The number of nitrogens with one attached hydrogen (secondary N) is 2. The van der Waals surface area contributed by atoms with Crippen molar-refractivity contribution in [2.75, 3.05) is 0 Å². The van der Waals surface area contributed by atoms with Gasteiger partial charge in [0.25, 0.3) is 0 Å². The lowest BCUT2D eigenvalue weighted by Gasteiger charge is -2.18. The molecule has 0 aromatic heterocycles. The minimum Gasteiger partial charge on any atom is -0.334 e. The number of carbonyl (C=O) groups is 1. The average Bonchev–Trinajstić information content (AvgIpc) is 3.28. The second-order valence-corrected chi connectivity index (χ2v) is 6.32. The third-order valence-corrected chi connectivity index (χ3v) is 4.33. The van der Waals surface area contributed by atoms with E-state index in [0.29, 0.717) is 11.6 Å². The van der Waals surface area contributed by atoms with Crippen molar-refractivity contribution in [1.82, 2.24) is 10.6 Å². The summed E-state index contributed by atoms with van der Waals surface area (Å²) in [5, 5.41) is 6.71. The number of aryl methyl sites for hydroxylation is 1. The summed E-state index contributed by atoms with van der Waals surface area (Å²) in [5.74, 6) is 0. The van der Waals surface area contributed by atoms with Gasteiger partial charge in [0, 0.05) is 11.6 Å². The molecule has 0 bridgehead atoms. The van der Waals surface area contributed by atoms with E-state index in [4.69, 9.17) is 11.6 Å². The molecule has 0 spiro atoms. The van der Waals surface area contributed by atoms with Crippen LogP contribution in [0.4, 0.5) is 4.79 Å². The number of carbonyl (C=O) groups excluding carboxylic acids is 1. The van der Waals surface area contributed by atoms with E-state index >= 15 is 0 Å². The predicted molar refractivity (Wildman–Crippen MR) is 88.9 cm³/mol. The van der Waals surface area contributed by atoms with E-state index in [2.05, 4.69) is 41.8 Å². The van der Waals surface area contributed by atoms with Crippen LogP contribution in [0.15, 0.2) is 48.5 Å². The molecule has 2 aromatic rings. The highest BCUT2D eigenvalue weighted by Gasteiger charge is 2.45. The standard InChI is InChI=1S/C18H19ClN2O/c1-13-2-6-15(7-3-13)18(10-11-18)21-17(22)20-12-14-4-8-16(19)9-5-14/h2-9H,10-12H2,1H3,(H2,20,21,22). The molecule has 1 fully saturated rings. The molecule has 2 amide bonds. The Morgan fingerprint density at radius 3 is 2.32 bits per heavy atom. The summed E-state index contributed by atoms with van der Waals surface area (Å²) >= 11 is 5.85. The first kappa shape index (κ1) is 14.9. The third-order valence-electron chi connectivity index (χ3n) is 4.07. The highest BCUT2D eigenvalue weighted by molar-refractivity contribution is 6.30. The van der Waals surface area contributed by atoms with Crippen molar-refractivity contribution in [2.24, 2.45) is 0 Å². The van der Waals surface area contributed by atoms with Crippen LogP contribution in [0.5, 0.6) is 0 Å². The lowest BCUT2D eigenvalue weighted by molar-refractivity contribution is 0.235. The van der Waals surface area contributed by atoms with Crippen molar-refractivity contribution in [3.63, 3.8) is 0 Å². The van der Waals surface area contributed by atoms with Gasteiger partial charge in [-0.3, -0.25) is 0 Å². The van der Waals surface area contributed by atoms with Crippen molar-refractivity contribution in [2.45, 2.75) is 31.8 Å². The zero-order valence-corrected chi connectivity index (χ0v) is 13.3. The van der Waals surface area contributed by atoms with Crippen LogP contribution in [0.25, 0.3) is 0 Å². The second kappa shape index (κ2) is 6.01. The van der Waals surface area contributed by atoms with E-state index in [1.54, 1.807) is 0 Å². The minimum atomic E-state index is -0.183. The fourth-order valence-electron chi connectivity index (χ4n) is 2.53. The molecule has 2 N–H and O–H groups in total. The molecule has 114 valence electrons. The van der Waals surface area contributed by atoms with Gasteiger partial charge in [-0.25, -0.2) is 4.79 Å². The van der Waals surface area contributed by atoms with Gasteiger partial charge in [0.1, 0.15) is 0 Å². The van der Waals surface area contributed by atoms with Crippen LogP contribution >= 0.6 is 11.6 Å². The van der Waals surface area contributed by atoms with E-state index in [-0.39, 0.29) is 11.6 Å². The van der Waals surface area contributed by atoms with Crippen molar-refractivity contribution >= 4 is 17.6 Å². The zero-order chi connectivity index (χ0) is 15.6. The molecule has 1 aliphatic rings. The predicted octanol–water partition coefficient (Wildman–Crippen LogP) is 4.14. The molecule has 1 saturated carbocycles. The van der Waals surface area contributed by atoms with E-state index in [9.17, 15) is 4.79 Å². The maximum Gasteiger partial charge on any atom is 0.315 e. The van der Waals surface area contributed by atoms with E-state index in [0.717, 1.165) is 18.4 Å². The van der Waals surface area contributed by atoms with E-state index in [1.165, 1.54) is 11.1 Å². The normalized spacial score (nSPS) is 15.2. The van der Waals surface area contributed by atoms with Gasteiger partial charge >= 0.3 is 6.03 Å². The molecule has 0 atom stereocenters. The Hall–Kier alpha value is -2.00. The number of halogens is 1. The molecule has 0 heterocycles. The summed E-state index contributed by atoms with van der Waals surface area (Å²) in [6, 6.07) is 15.7. The highest BCUT2D eigenvalue weighted by Crippen LogP contribution is 2.45. The molecule has 0 radical (unpaired) electrons. The third kappa shape index (κ3) is 3.42. The van der Waals surface area contributed by atoms with Crippen LogP contribution in [0, 0.1) is 6.92 Å². The first-order chi connectivity index (χ1) is 10.6. The lowest BCUT2D eigenvalue weighted by atomic mass is 10.0. The van der Waals surface area contributed by atoms with Gasteiger partial charge in [-0.2, -0.15) is 0 Å². The molecule has 0 saturated heterocycles. The molecule has 4 heteroatoms. The molecular weight excluding hydrogens is 296 g/mol. The number of benzene rings is 2. The van der Waals surface area contributed by atoms with E-state index < -0.39 is 0 Å². The van der Waals surface area contributed by atoms with Crippen LogP contribution in [-0.4, -0.2) is 6.03 Å². The number of amides is 2. The molecule has 2 aromatic carbocycles.